The molecule has 0 bridgehead atoms. The Bertz CT molecular complexity index is 1800. The number of rotatable bonds is 11. The summed E-state index contributed by atoms with van der Waals surface area (Å²) < 4.78 is 49.1. The molecule has 1 saturated heterocycles. The lowest BCUT2D eigenvalue weighted by Gasteiger charge is -2.38. The standard InChI is InChI=1S/C34H32O15/c1-3-7-41-33(39)47-25-15-44-32(30(28(25)37)49-34(40)42-8-4-2)48-29-21-10-19(13-36)18(12-35)9-20(21)26(27-22(29)14-43-31(27)38)17-5-6-23-24(11-17)46-16-45-23/h3-6,9-11,25,28,30,32,35-37H,1-2,7-8,12-16H2/t25-,28+,30-,32?/m1/s1. The molecule has 15 nitrogen and oxygen atoms in total. The van der Waals surface area contributed by atoms with E-state index >= 15 is 0 Å². The molecule has 0 spiro atoms. The number of carbonyl (C=O) groups is 3. The molecule has 3 heterocycles. The minimum atomic E-state index is -1.70. The van der Waals surface area contributed by atoms with Crippen LogP contribution in [0.5, 0.6) is 17.2 Å². The summed E-state index contributed by atoms with van der Waals surface area (Å²) in [5, 5.41) is 32.4. The Morgan fingerprint density at radius 1 is 0.878 bits per heavy atom. The molecule has 0 radical (unpaired) electrons. The minimum Gasteiger partial charge on any atom is -0.460 e. The third kappa shape index (κ3) is 6.56. The molecule has 49 heavy (non-hydrogen) atoms. The van der Waals surface area contributed by atoms with E-state index in [2.05, 4.69) is 13.2 Å². The molecule has 3 aliphatic heterocycles. The SMILES string of the molecule is C=CCOC(=O)O[C@@H]1COC(Oc2c3c(c(-c4ccc5c(c4)OCO5)c4cc(CO)c(CO)cc24)C(=O)OC3)[C@H](OC(=O)OCC=C)[C@H]1O. The number of cyclic esters (lactones) is 1. The molecular weight excluding hydrogens is 648 g/mol. The molecule has 0 aliphatic carbocycles. The van der Waals surface area contributed by atoms with Crippen LogP contribution in [0.1, 0.15) is 27.0 Å². The predicted molar refractivity (Wildman–Crippen MR) is 166 cm³/mol. The molecule has 258 valence electrons. The summed E-state index contributed by atoms with van der Waals surface area (Å²) in [4.78, 5) is 38.1. The summed E-state index contributed by atoms with van der Waals surface area (Å²) in [6, 6.07) is 8.36. The van der Waals surface area contributed by atoms with Crippen molar-refractivity contribution in [3.05, 3.63) is 77.9 Å². The van der Waals surface area contributed by atoms with E-state index in [-0.39, 0.29) is 37.9 Å². The van der Waals surface area contributed by atoms with E-state index in [4.69, 9.17) is 42.6 Å². The Morgan fingerprint density at radius 3 is 2.24 bits per heavy atom. The summed E-state index contributed by atoms with van der Waals surface area (Å²) in [6.07, 6.45) is -5.97. The Hall–Kier alpha value is -5.35. The van der Waals surface area contributed by atoms with Crippen molar-refractivity contribution in [2.24, 2.45) is 0 Å². The van der Waals surface area contributed by atoms with E-state index in [1.54, 1.807) is 30.3 Å². The van der Waals surface area contributed by atoms with Gasteiger partial charge >= 0.3 is 18.3 Å². The number of aliphatic hydroxyl groups is 3. The maximum Gasteiger partial charge on any atom is 0.509 e. The van der Waals surface area contributed by atoms with Gasteiger partial charge in [-0.2, -0.15) is 0 Å². The first-order valence-electron chi connectivity index (χ1n) is 15.1. The smallest absolute Gasteiger partial charge is 0.460 e. The lowest BCUT2D eigenvalue weighted by atomic mass is 9.87. The first-order chi connectivity index (χ1) is 23.8. The minimum absolute atomic E-state index is 0.0283. The van der Waals surface area contributed by atoms with Gasteiger partial charge in [-0.25, -0.2) is 14.4 Å². The summed E-state index contributed by atoms with van der Waals surface area (Å²) >= 11 is 0. The molecule has 15 heteroatoms. The number of ether oxygens (including phenoxy) is 9. The number of fused-ring (bicyclic) bond motifs is 3. The van der Waals surface area contributed by atoms with Crippen molar-refractivity contribution >= 4 is 29.1 Å². The van der Waals surface area contributed by atoms with E-state index in [0.717, 1.165) is 0 Å². The first-order valence-corrected chi connectivity index (χ1v) is 15.1. The number of carbonyl (C=O) groups excluding carboxylic acids is 3. The van der Waals surface area contributed by atoms with Crippen LogP contribution < -0.4 is 14.2 Å². The van der Waals surface area contributed by atoms with Crippen LogP contribution in [0.25, 0.3) is 21.9 Å². The quantitative estimate of drug-likeness (QED) is 0.151. The van der Waals surface area contributed by atoms with Crippen molar-refractivity contribution in [2.45, 2.75) is 44.4 Å². The second kappa shape index (κ2) is 14.4. The fourth-order valence-corrected chi connectivity index (χ4v) is 5.76. The van der Waals surface area contributed by atoms with Crippen molar-refractivity contribution in [2.75, 3.05) is 26.6 Å². The van der Waals surface area contributed by atoms with Gasteiger partial charge in [-0.05, 0) is 46.3 Å². The number of benzene rings is 3. The molecule has 0 amide bonds. The summed E-state index contributed by atoms with van der Waals surface area (Å²) in [5.41, 5.74) is 2.19. The van der Waals surface area contributed by atoms with Crippen LogP contribution in [-0.4, -0.2) is 84.8 Å². The zero-order valence-electron chi connectivity index (χ0n) is 26.0. The van der Waals surface area contributed by atoms with E-state index in [1.165, 1.54) is 12.2 Å². The van der Waals surface area contributed by atoms with Gasteiger partial charge in [0, 0.05) is 16.5 Å². The molecule has 3 aromatic carbocycles. The van der Waals surface area contributed by atoms with Crippen LogP contribution in [0.4, 0.5) is 9.59 Å². The van der Waals surface area contributed by atoms with Gasteiger partial charge in [0.05, 0.1) is 25.4 Å². The summed E-state index contributed by atoms with van der Waals surface area (Å²) in [5.74, 6) is 0.365. The van der Waals surface area contributed by atoms with Gasteiger partial charge < -0.3 is 58.0 Å². The zero-order chi connectivity index (χ0) is 34.7. The second-order valence-electron chi connectivity index (χ2n) is 10.9. The highest BCUT2D eigenvalue weighted by Gasteiger charge is 2.47. The molecule has 1 unspecified atom stereocenters. The number of hydrogen-bond acceptors (Lipinski definition) is 15. The Morgan fingerprint density at radius 2 is 1.55 bits per heavy atom. The molecular formula is C34H32O15. The van der Waals surface area contributed by atoms with Gasteiger partial charge in [0.15, 0.2) is 23.7 Å². The van der Waals surface area contributed by atoms with E-state index in [0.29, 0.717) is 50.1 Å². The molecule has 0 saturated carbocycles. The van der Waals surface area contributed by atoms with Crippen molar-refractivity contribution in [1.29, 1.82) is 0 Å². The number of hydrogen-bond donors (Lipinski definition) is 3. The fourth-order valence-electron chi connectivity index (χ4n) is 5.76. The van der Waals surface area contributed by atoms with E-state index in [1.807, 2.05) is 0 Å². The van der Waals surface area contributed by atoms with Crippen molar-refractivity contribution in [3.8, 4) is 28.4 Å². The van der Waals surface area contributed by atoms with Crippen molar-refractivity contribution in [1.82, 2.24) is 0 Å². The maximum absolute atomic E-state index is 13.4. The van der Waals surface area contributed by atoms with Crippen LogP contribution in [0.15, 0.2) is 55.6 Å². The normalized spacial score (nSPS) is 20.6. The Labute approximate surface area is 278 Å². The Balaban J connectivity index is 1.46. The van der Waals surface area contributed by atoms with Crippen molar-refractivity contribution < 1.29 is 72.3 Å². The van der Waals surface area contributed by atoms with Crippen LogP contribution in [-0.2, 0) is 48.2 Å². The lowest BCUT2D eigenvalue weighted by Crippen LogP contribution is -2.57. The number of esters is 1. The largest absolute Gasteiger partial charge is 0.509 e. The maximum atomic E-state index is 13.4. The molecule has 3 aliphatic rings. The fraction of sp³-hybridized carbons (Fsp3) is 0.324. The van der Waals surface area contributed by atoms with Crippen LogP contribution in [0.3, 0.4) is 0 Å². The average Bonchev–Trinajstić information content (AvgIpc) is 3.74. The van der Waals surface area contributed by atoms with E-state index < -0.39 is 62.7 Å². The Kier molecular flexibility index (Phi) is 9.87. The average molecular weight is 681 g/mol. The second-order valence-corrected chi connectivity index (χ2v) is 10.9. The van der Waals surface area contributed by atoms with Gasteiger partial charge in [-0.3, -0.25) is 0 Å². The molecule has 4 atom stereocenters. The van der Waals surface area contributed by atoms with Crippen molar-refractivity contribution in [3.63, 3.8) is 0 Å². The third-order valence-electron chi connectivity index (χ3n) is 8.00. The highest BCUT2D eigenvalue weighted by Crippen LogP contribution is 2.48. The van der Waals surface area contributed by atoms with E-state index in [9.17, 15) is 29.7 Å². The van der Waals surface area contributed by atoms with Crippen LogP contribution in [0.2, 0.25) is 0 Å². The first kappa shape index (κ1) is 33.5. The third-order valence-corrected chi connectivity index (χ3v) is 8.00. The topological polar surface area (TPSA) is 195 Å². The van der Waals surface area contributed by atoms with Crippen LogP contribution in [0, 0.1) is 0 Å². The van der Waals surface area contributed by atoms with Gasteiger partial charge in [0.2, 0.25) is 13.1 Å². The highest BCUT2D eigenvalue weighted by atomic mass is 16.8. The molecule has 6 rings (SSSR count). The van der Waals surface area contributed by atoms with Gasteiger partial charge in [0.25, 0.3) is 0 Å². The van der Waals surface area contributed by atoms with Gasteiger partial charge in [-0.1, -0.05) is 31.4 Å². The number of aliphatic hydroxyl groups excluding tert-OH is 3. The van der Waals surface area contributed by atoms with Gasteiger partial charge in [0.1, 0.15) is 31.7 Å². The summed E-state index contributed by atoms with van der Waals surface area (Å²) in [7, 11) is 0. The molecule has 0 aromatic heterocycles. The lowest BCUT2D eigenvalue weighted by molar-refractivity contribution is -0.246. The molecule has 3 aromatic rings. The van der Waals surface area contributed by atoms with Gasteiger partial charge in [-0.15, -0.1) is 0 Å². The highest BCUT2D eigenvalue weighted by molar-refractivity contribution is 6.13. The monoisotopic (exact) mass is 680 g/mol. The summed E-state index contributed by atoms with van der Waals surface area (Å²) in [6.45, 7) is 5.07. The zero-order valence-corrected chi connectivity index (χ0v) is 26.0. The molecule has 1 fully saturated rings. The molecule has 3 N–H and O–H groups in total. The van der Waals surface area contributed by atoms with Crippen LogP contribution >= 0.6 is 0 Å². The predicted octanol–water partition coefficient (Wildman–Crippen LogP) is 3.40.